The number of hydrogen-bond acceptors (Lipinski definition) is 3. The van der Waals surface area contributed by atoms with Crippen molar-refractivity contribution in [3.05, 3.63) is 30.1 Å². The van der Waals surface area contributed by atoms with E-state index in [2.05, 4.69) is 17.2 Å². The molecule has 0 saturated carbocycles. The van der Waals surface area contributed by atoms with Crippen LogP contribution >= 0.6 is 0 Å². The van der Waals surface area contributed by atoms with E-state index in [1.54, 1.807) is 0 Å². The molecule has 0 aliphatic carbocycles. The smallest absolute Gasteiger partial charge is 0.0582 e. The molecule has 0 bridgehead atoms. The molecular formula is C12H20N2O. The Morgan fingerprint density at radius 1 is 1.47 bits per heavy atom. The summed E-state index contributed by atoms with van der Waals surface area (Å²) < 4.78 is 0. The summed E-state index contributed by atoms with van der Waals surface area (Å²) in [5.41, 5.74) is 1.06. The Morgan fingerprint density at radius 2 is 2.27 bits per heavy atom. The van der Waals surface area contributed by atoms with E-state index in [1.165, 1.54) is 0 Å². The summed E-state index contributed by atoms with van der Waals surface area (Å²) in [5.74, 6) is 0. The van der Waals surface area contributed by atoms with Crippen LogP contribution in [0.2, 0.25) is 0 Å². The minimum absolute atomic E-state index is 0.114. The lowest BCUT2D eigenvalue weighted by molar-refractivity contribution is 0.237. The highest BCUT2D eigenvalue weighted by Gasteiger charge is 2.13. The van der Waals surface area contributed by atoms with Gasteiger partial charge in [0.05, 0.1) is 12.3 Å². The molecule has 1 unspecified atom stereocenters. The second kappa shape index (κ2) is 6.53. The lowest BCUT2D eigenvalue weighted by Crippen LogP contribution is -2.33. The summed E-state index contributed by atoms with van der Waals surface area (Å²) in [5, 5.41) is 12.4. The van der Waals surface area contributed by atoms with Crippen LogP contribution < -0.4 is 5.32 Å². The molecule has 3 heteroatoms. The van der Waals surface area contributed by atoms with Crippen molar-refractivity contribution in [3.8, 4) is 0 Å². The Labute approximate surface area is 91.5 Å². The predicted octanol–water partition coefficient (Wildman–Crippen LogP) is 1.89. The van der Waals surface area contributed by atoms with Gasteiger partial charge in [-0.3, -0.25) is 4.98 Å². The Bertz CT molecular complexity index is 264. The number of aliphatic hydroxyl groups excluding tert-OH is 1. The standard InChI is InChI=1S/C12H20N2O/c1-3-6-12(14-10(2)9-15)11-7-4-5-8-13-11/h4-5,7-8,10,12,14-15H,3,6,9H2,1-2H3/t10-,12?/m0/s1. The van der Waals surface area contributed by atoms with Crippen molar-refractivity contribution >= 4 is 0 Å². The van der Waals surface area contributed by atoms with Crippen LogP contribution in [-0.4, -0.2) is 22.7 Å². The van der Waals surface area contributed by atoms with Crippen molar-refractivity contribution in [3.63, 3.8) is 0 Å². The molecule has 0 radical (unpaired) electrons. The summed E-state index contributed by atoms with van der Waals surface area (Å²) >= 11 is 0. The number of nitrogens with zero attached hydrogens (tertiary/aromatic N) is 1. The number of aliphatic hydroxyl groups is 1. The van der Waals surface area contributed by atoms with E-state index in [0.29, 0.717) is 0 Å². The molecule has 0 fully saturated rings. The highest BCUT2D eigenvalue weighted by molar-refractivity contribution is 5.08. The number of aromatic nitrogens is 1. The van der Waals surface area contributed by atoms with Crippen LogP contribution in [0.25, 0.3) is 0 Å². The van der Waals surface area contributed by atoms with Gasteiger partial charge in [-0.05, 0) is 25.5 Å². The van der Waals surface area contributed by atoms with Gasteiger partial charge in [-0.15, -0.1) is 0 Å². The normalized spacial score (nSPS) is 14.9. The zero-order valence-corrected chi connectivity index (χ0v) is 9.48. The fourth-order valence-corrected chi connectivity index (χ4v) is 1.58. The molecule has 0 aliphatic rings. The highest BCUT2D eigenvalue weighted by Crippen LogP contribution is 2.16. The molecular weight excluding hydrogens is 188 g/mol. The first-order chi connectivity index (χ1) is 7.27. The van der Waals surface area contributed by atoms with Crippen LogP contribution in [-0.2, 0) is 0 Å². The Morgan fingerprint density at radius 3 is 2.80 bits per heavy atom. The van der Waals surface area contributed by atoms with Gasteiger partial charge in [0.15, 0.2) is 0 Å². The molecule has 0 aliphatic heterocycles. The SMILES string of the molecule is CCCC(N[C@@H](C)CO)c1ccccn1. The van der Waals surface area contributed by atoms with Crippen molar-refractivity contribution in [1.29, 1.82) is 0 Å². The lowest BCUT2D eigenvalue weighted by atomic mass is 10.1. The minimum Gasteiger partial charge on any atom is -0.395 e. The first-order valence-corrected chi connectivity index (χ1v) is 5.55. The van der Waals surface area contributed by atoms with Crippen molar-refractivity contribution < 1.29 is 5.11 Å². The summed E-state index contributed by atoms with van der Waals surface area (Å²) in [6.45, 7) is 4.29. The molecule has 0 amide bonds. The predicted molar refractivity (Wildman–Crippen MR) is 61.6 cm³/mol. The van der Waals surface area contributed by atoms with Crippen molar-refractivity contribution in [2.24, 2.45) is 0 Å². The van der Waals surface area contributed by atoms with E-state index in [9.17, 15) is 0 Å². The van der Waals surface area contributed by atoms with Gasteiger partial charge in [0.25, 0.3) is 0 Å². The van der Waals surface area contributed by atoms with E-state index < -0.39 is 0 Å². The van der Waals surface area contributed by atoms with Crippen LogP contribution in [0.15, 0.2) is 24.4 Å². The van der Waals surface area contributed by atoms with Gasteiger partial charge in [0.2, 0.25) is 0 Å². The van der Waals surface area contributed by atoms with Gasteiger partial charge >= 0.3 is 0 Å². The molecule has 15 heavy (non-hydrogen) atoms. The average Bonchev–Trinajstić information content (AvgIpc) is 2.29. The maximum atomic E-state index is 9.02. The summed E-state index contributed by atoms with van der Waals surface area (Å²) in [6.07, 6.45) is 3.96. The molecule has 1 aromatic heterocycles. The summed E-state index contributed by atoms with van der Waals surface area (Å²) in [4.78, 5) is 4.34. The molecule has 0 aromatic carbocycles. The van der Waals surface area contributed by atoms with E-state index in [1.807, 2.05) is 31.3 Å². The quantitative estimate of drug-likeness (QED) is 0.750. The van der Waals surface area contributed by atoms with E-state index in [-0.39, 0.29) is 18.7 Å². The average molecular weight is 208 g/mol. The van der Waals surface area contributed by atoms with Crippen molar-refractivity contribution in [1.82, 2.24) is 10.3 Å². The minimum atomic E-state index is 0.114. The van der Waals surface area contributed by atoms with E-state index >= 15 is 0 Å². The molecule has 2 N–H and O–H groups in total. The van der Waals surface area contributed by atoms with E-state index in [4.69, 9.17) is 5.11 Å². The van der Waals surface area contributed by atoms with Gasteiger partial charge in [-0.25, -0.2) is 0 Å². The first kappa shape index (κ1) is 12.1. The lowest BCUT2D eigenvalue weighted by Gasteiger charge is -2.21. The maximum Gasteiger partial charge on any atom is 0.0582 e. The largest absolute Gasteiger partial charge is 0.395 e. The summed E-state index contributed by atoms with van der Waals surface area (Å²) in [6, 6.07) is 6.30. The van der Waals surface area contributed by atoms with Gasteiger partial charge in [0.1, 0.15) is 0 Å². The van der Waals surface area contributed by atoms with Gasteiger partial charge < -0.3 is 10.4 Å². The fraction of sp³-hybridized carbons (Fsp3) is 0.583. The monoisotopic (exact) mass is 208 g/mol. The number of hydrogen-bond donors (Lipinski definition) is 2. The second-order valence-corrected chi connectivity index (χ2v) is 3.85. The molecule has 0 saturated heterocycles. The van der Waals surface area contributed by atoms with Crippen LogP contribution in [0.3, 0.4) is 0 Å². The molecule has 1 rings (SSSR count). The fourth-order valence-electron chi connectivity index (χ4n) is 1.58. The number of pyridine rings is 1. The first-order valence-electron chi connectivity index (χ1n) is 5.55. The van der Waals surface area contributed by atoms with Crippen LogP contribution in [0.5, 0.6) is 0 Å². The summed E-state index contributed by atoms with van der Waals surface area (Å²) in [7, 11) is 0. The molecule has 1 heterocycles. The highest BCUT2D eigenvalue weighted by atomic mass is 16.3. The Kier molecular flexibility index (Phi) is 5.29. The zero-order chi connectivity index (χ0) is 11.1. The number of nitrogens with one attached hydrogen (secondary N) is 1. The molecule has 2 atom stereocenters. The zero-order valence-electron chi connectivity index (χ0n) is 9.48. The van der Waals surface area contributed by atoms with Crippen molar-refractivity contribution in [2.45, 2.75) is 38.8 Å². The van der Waals surface area contributed by atoms with Crippen LogP contribution in [0.4, 0.5) is 0 Å². The maximum absolute atomic E-state index is 9.02. The van der Waals surface area contributed by atoms with Gasteiger partial charge in [-0.1, -0.05) is 19.4 Å². The van der Waals surface area contributed by atoms with Crippen LogP contribution in [0.1, 0.15) is 38.4 Å². The Balaban J connectivity index is 2.65. The van der Waals surface area contributed by atoms with E-state index in [0.717, 1.165) is 18.5 Å². The van der Waals surface area contributed by atoms with Crippen molar-refractivity contribution in [2.75, 3.05) is 6.61 Å². The van der Waals surface area contributed by atoms with Crippen LogP contribution in [0, 0.1) is 0 Å². The third kappa shape index (κ3) is 3.98. The number of rotatable bonds is 6. The third-order valence-corrected chi connectivity index (χ3v) is 2.38. The molecule has 3 nitrogen and oxygen atoms in total. The second-order valence-electron chi connectivity index (χ2n) is 3.85. The topological polar surface area (TPSA) is 45.1 Å². The molecule has 0 spiro atoms. The molecule has 84 valence electrons. The molecule has 1 aromatic rings. The van der Waals surface area contributed by atoms with Gasteiger partial charge in [-0.2, -0.15) is 0 Å². The Hall–Kier alpha value is -0.930. The van der Waals surface area contributed by atoms with Gasteiger partial charge in [0, 0.05) is 18.3 Å². The third-order valence-electron chi connectivity index (χ3n) is 2.38.